The van der Waals surface area contributed by atoms with E-state index >= 15 is 0 Å². The maximum absolute atomic E-state index is 12.9. The SMILES string of the molecule is COC(=O)C(Cc1ccc(OCc2ccccc2)cc1)(Oc1ccc(C(C)C)cc1)C(=O)OC. The van der Waals surface area contributed by atoms with Gasteiger partial charge in [-0.15, -0.1) is 0 Å². The van der Waals surface area contributed by atoms with Crippen LogP contribution >= 0.6 is 0 Å². The summed E-state index contributed by atoms with van der Waals surface area (Å²) in [4.78, 5) is 25.7. The fourth-order valence-corrected chi connectivity index (χ4v) is 3.53. The van der Waals surface area contributed by atoms with Gasteiger partial charge < -0.3 is 18.9 Å². The van der Waals surface area contributed by atoms with Gasteiger partial charge in [-0.1, -0.05) is 68.4 Å². The van der Waals surface area contributed by atoms with Gasteiger partial charge in [0, 0.05) is 6.42 Å². The average molecular weight is 463 g/mol. The molecule has 0 radical (unpaired) electrons. The van der Waals surface area contributed by atoms with Gasteiger partial charge >= 0.3 is 17.5 Å². The van der Waals surface area contributed by atoms with Crippen molar-refractivity contribution in [2.24, 2.45) is 0 Å². The van der Waals surface area contributed by atoms with Gasteiger partial charge in [0.25, 0.3) is 0 Å². The molecule has 0 bridgehead atoms. The zero-order chi connectivity index (χ0) is 24.6. The van der Waals surface area contributed by atoms with Crippen LogP contribution in [0.4, 0.5) is 0 Å². The predicted octanol–water partition coefficient (Wildman–Crippen LogP) is 5.10. The molecule has 0 spiro atoms. The van der Waals surface area contributed by atoms with E-state index in [0.717, 1.165) is 11.1 Å². The Bertz CT molecular complexity index is 1060. The highest BCUT2D eigenvalue weighted by Gasteiger charge is 2.51. The zero-order valence-corrected chi connectivity index (χ0v) is 19.9. The summed E-state index contributed by atoms with van der Waals surface area (Å²) in [6, 6.07) is 24.2. The summed E-state index contributed by atoms with van der Waals surface area (Å²) in [5.41, 5.74) is 0.857. The first kappa shape index (κ1) is 24.8. The lowest BCUT2D eigenvalue weighted by atomic mass is 9.93. The number of esters is 2. The number of benzene rings is 3. The number of ether oxygens (including phenoxy) is 4. The molecule has 3 aromatic rings. The van der Waals surface area contributed by atoms with Crippen LogP contribution in [0.15, 0.2) is 78.9 Å². The highest BCUT2D eigenvalue weighted by Crippen LogP contribution is 2.28. The van der Waals surface area contributed by atoms with Crippen LogP contribution in [-0.4, -0.2) is 31.8 Å². The van der Waals surface area contributed by atoms with Crippen molar-refractivity contribution in [2.75, 3.05) is 14.2 Å². The number of hydrogen-bond acceptors (Lipinski definition) is 6. The summed E-state index contributed by atoms with van der Waals surface area (Å²) in [7, 11) is 2.43. The fourth-order valence-electron chi connectivity index (χ4n) is 3.53. The minimum absolute atomic E-state index is 0.0722. The standard InChI is InChI=1S/C28H30O6/c1-20(2)23-12-16-25(17-13-23)34-28(26(29)31-3,27(30)32-4)18-21-10-14-24(15-11-21)33-19-22-8-6-5-7-9-22/h5-17,20H,18-19H2,1-4H3. The highest BCUT2D eigenvalue weighted by molar-refractivity contribution is 6.04. The Morgan fingerprint density at radius 3 is 1.82 bits per heavy atom. The normalized spacial score (nSPS) is 11.1. The molecule has 178 valence electrons. The summed E-state index contributed by atoms with van der Waals surface area (Å²) in [6.45, 7) is 4.59. The molecule has 6 heteroatoms. The topological polar surface area (TPSA) is 71.1 Å². The third-order valence-corrected chi connectivity index (χ3v) is 5.49. The van der Waals surface area contributed by atoms with Gasteiger partial charge in [0.1, 0.15) is 18.1 Å². The summed E-state index contributed by atoms with van der Waals surface area (Å²) < 4.78 is 21.8. The second kappa shape index (κ2) is 11.4. The van der Waals surface area contributed by atoms with E-state index in [-0.39, 0.29) is 6.42 Å². The molecule has 0 aliphatic carbocycles. The molecule has 0 aromatic heterocycles. The maximum atomic E-state index is 12.9. The molecule has 34 heavy (non-hydrogen) atoms. The van der Waals surface area contributed by atoms with E-state index in [1.807, 2.05) is 42.5 Å². The number of carbonyl (C=O) groups excluding carboxylic acids is 2. The van der Waals surface area contributed by atoms with Gasteiger partial charge in [-0.3, -0.25) is 0 Å². The lowest BCUT2D eigenvalue weighted by Gasteiger charge is -2.29. The third-order valence-electron chi connectivity index (χ3n) is 5.49. The van der Waals surface area contributed by atoms with Crippen LogP contribution in [0.1, 0.15) is 36.5 Å². The summed E-state index contributed by atoms with van der Waals surface area (Å²) in [6.07, 6.45) is -0.0722. The molecule has 0 saturated heterocycles. The van der Waals surface area contributed by atoms with Gasteiger partial charge in [-0.05, 0) is 46.9 Å². The number of methoxy groups -OCH3 is 2. The molecule has 0 aliphatic heterocycles. The molecular weight excluding hydrogens is 432 g/mol. The first-order valence-corrected chi connectivity index (χ1v) is 11.1. The lowest BCUT2D eigenvalue weighted by Crippen LogP contribution is -2.55. The van der Waals surface area contributed by atoms with Crippen molar-refractivity contribution in [3.8, 4) is 11.5 Å². The van der Waals surface area contributed by atoms with Crippen LogP contribution in [0.5, 0.6) is 11.5 Å². The smallest absolute Gasteiger partial charge is 0.362 e. The van der Waals surface area contributed by atoms with Crippen molar-refractivity contribution in [1.82, 2.24) is 0 Å². The second-order valence-electron chi connectivity index (χ2n) is 8.23. The molecule has 0 fully saturated rings. The van der Waals surface area contributed by atoms with E-state index in [9.17, 15) is 9.59 Å². The largest absolute Gasteiger partial charge is 0.489 e. The molecule has 3 rings (SSSR count). The van der Waals surface area contributed by atoms with E-state index in [1.54, 1.807) is 36.4 Å². The first-order chi connectivity index (χ1) is 16.4. The highest BCUT2D eigenvalue weighted by atomic mass is 16.6. The van der Waals surface area contributed by atoms with E-state index in [0.29, 0.717) is 29.6 Å². The predicted molar refractivity (Wildman–Crippen MR) is 129 cm³/mol. The monoisotopic (exact) mass is 462 g/mol. The van der Waals surface area contributed by atoms with Gasteiger partial charge in [-0.2, -0.15) is 0 Å². The average Bonchev–Trinajstić information content (AvgIpc) is 2.87. The fraction of sp³-hybridized carbons (Fsp3) is 0.286. The van der Waals surface area contributed by atoms with Crippen molar-refractivity contribution in [3.05, 3.63) is 95.6 Å². The van der Waals surface area contributed by atoms with Crippen molar-refractivity contribution in [3.63, 3.8) is 0 Å². The van der Waals surface area contributed by atoms with Gasteiger partial charge in [0.2, 0.25) is 0 Å². The number of hydrogen-bond donors (Lipinski definition) is 0. The van der Waals surface area contributed by atoms with Crippen LogP contribution < -0.4 is 9.47 Å². The molecule has 0 aliphatic rings. The Morgan fingerprint density at radius 1 is 0.735 bits per heavy atom. The third kappa shape index (κ3) is 5.95. The zero-order valence-electron chi connectivity index (χ0n) is 19.9. The minimum atomic E-state index is -1.99. The summed E-state index contributed by atoms with van der Waals surface area (Å²) >= 11 is 0. The van der Waals surface area contributed by atoms with E-state index < -0.39 is 17.5 Å². The number of carbonyl (C=O) groups is 2. The molecule has 0 heterocycles. The molecule has 0 N–H and O–H groups in total. The summed E-state index contributed by atoms with van der Waals surface area (Å²) in [5.74, 6) is -0.307. The van der Waals surface area contributed by atoms with Crippen molar-refractivity contribution < 1.29 is 28.5 Å². The van der Waals surface area contributed by atoms with Crippen LogP contribution in [0.2, 0.25) is 0 Å². The lowest BCUT2D eigenvalue weighted by molar-refractivity contribution is -0.176. The van der Waals surface area contributed by atoms with E-state index in [1.165, 1.54) is 14.2 Å². The van der Waals surface area contributed by atoms with Crippen molar-refractivity contribution >= 4 is 11.9 Å². The van der Waals surface area contributed by atoms with Crippen LogP contribution in [-0.2, 0) is 32.1 Å². The second-order valence-corrected chi connectivity index (χ2v) is 8.23. The van der Waals surface area contributed by atoms with Gasteiger partial charge in [-0.25, -0.2) is 9.59 Å². The van der Waals surface area contributed by atoms with E-state index in [4.69, 9.17) is 18.9 Å². The van der Waals surface area contributed by atoms with Crippen LogP contribution in [0.25, 0.3) is 0 Å². The van der Waals surface area contributed by atoms with Gasteiger partial charge in [0.15, 0.2) is 0 Å². The molecule has 0 saturated carbocycles. The molecule has 3 aromatic carbocycles. The Balaban J connectivity index is 1.83. The number of rotatable bonds is 10. The molecule has 6 nitrogen and oxygen atoms in total. The van der Waals surface area contributed by atoms with Crippen molar-refractivity contribution in [2.45, 2.75) is 38.4 Å². The molecular formula is C28H30O6. The Labute approximate surface area is 200 Å². The Morgan fingerprint density at radius 2 is 1.29 bits per heavy atom. The van der Waals surface area contributed by atoms with Crippen LogP contribution in [0.3, 0.4) is 0 Å². The molecule has 0 amide bonds. The maximum Gasteiger partial charge on any atom is 0.362 e. The van der Waals surface area contributed by atoms with Crippen LogP contribution in [0, 0.1) is 0 Å². The van der Waals surface area contributed by atoms with E-state index in [2.05, 4.69) is 13.8 Å². The summed E-state index contributed by atoms with van der Waals surface area (Å²) in [5, 5.41) is 0. The Kier molecular flexibility index (Phi) is 8.30. The van der Waals surface area contributed by atoms with Crippen molar-refractivity contribution in [1.29, 1.82) is 0 Å². The first-order valence-electron chi connectivity index (χ1n) is 11.1. The molecule has 0 atom stereocenters. The minimum Gasteiger partial charge on any atom is -0.489 e. The Hall–Kier alpha value is -3.80. The molecule has 0 unspecified atom stereocenters. The quantitative estimate of drug-likeness (QED) is 0.309. The van der Waals surface area contributed by atoms with Gasteiger partial charge in [0.05, 0.1) is 14.2 Å².